The molecule has 14 heavy (non-hydrogen) atoms. The van der Waals surface area contributed by atoms with Crippen LogP contribution < -0.4 is 5.32 Å². The van der Waals surface area contributed by atoms with Gasteiger partial charge in [0.05, 0.1) is 0 Å². The fourth-order valence-electron chi connectivity index (χ4n) is 1.76. The molecule has 1 aliphatic rings. The summed E-state index contributed by atoms with van der Waals surface area (Å²) in [5.74, 6) is -0.348. The Morgan fingerprint density at radius 3 is 2.93 bits per heavy atom. The number of nitrogens with one attached hydrogen (secondary N) is 1. The molecule has 1 aliphatic heterocycles. The van der Waals surface area contributed by atoms with E-state index in [1.807, 2.05) is 0 Å². The number of benzene rings is 1. The van der Waals surface area contributed by atoms with Gasteiger partial charge in [-0.2, -0.15) is 0 Å². The average molecular weight is 260 g/mol. The number of halogens is 2. The largest absolute Gasteiger partial charge is 0.384 e. The molecule has 1 aromatic rings. The second-order valence-electron chi connectivity index (χ2n) is 3.58. The Morgan fingerprint density at radius 1 is 1.50 bits per heavy atom. The Morgan fingerprint density at radius 2 is 2.29 bits per heavy atom. The van der Waals surface area contributed by atoms with Crippen LogP contribution in [0.2, 0.25) is 0 Å². The van der Waals surface area contributed by atoms with Crippen LogP contribution in [-0.4, -0.2) is 18.2 Å². The Kier molecular flexibility index (Phi) is 2.60. The molecule has 4 heteroatoms. The highest BCUT2D eigenvalue weighted by atomic mass is 79.9. The molecule has 1 heterocycles. The molecule has 0 aliphatic carbocycles. The summed E-state index contributed by atoms with van der Waals surface area (Å²) in [6.45, 7) is 1.14. The molecule has 1 saturated heterocycles. The summed E-state index contributed by atoms with van der Waals surface area (Å²) in [6, 6.07) is 4.64. The van der Waals surface area contributed by atoms with Crippen molar-refractivity contribution >= 4 is 15.9 Å². The van der Waals surface area contributed by atoms with Gasteiger partial charge in [0.15, 0.2) is 0 Å². The van der Waals surface area contributed by atoms with Crippen molar-refractivity contribution in [3.05, 3.63) is 34.1 Å². The third kappa shape index (κ3) is 1.69. The Bertz CT molecular complexity index is 350. The van der Waals surface area contributed by atoms with E-state index in [-0.39, 0.29) is 5.82 Å². The molecule has 1 aromatic carbocycles. The van der Waals surface area contributed by atoms with Crippen molar-refractivity contribution in [1.82, 2.24) is 5.32 Å². The van der Waals surface area contributed by atoms with Gasteiger partial charge in [-0.3, -0.25) is 0 Å². The molecular weight excluding hydrogens is 249 g/mol. The molecule has 2 N–H and O–H groups in total. The monoisotopic (exact) mass is 259 g/mol. The van der Waals surface area contributed by atoms with Crippen molar-refractivity contribution in [1.29, 1.82) is 0 Å². The van der Waals surface area contributed by atoms with Gasteiger partial charge in [-0.1, -0.05) is 15.9 Å². The van der Waals surface area contributed by atoms with Crippen molar-refractivity contribution in [3.8, 4) is 0 Å². The van der Waals surface area contributed by atoms with Gasteiger partial charge in [0.2, 0.25) is 0 Å². The van der Waals surface area contributed by atoms with Crippen molar-refractivity contribution in [2.45, 2.75) is 12.0 Å². The maximum atomic E-state index is 13.5. The predicted octanol–water partition coefficient (Wildman–Crippen LogP) is 1.77. The Balaban J connectivity index is 2.44. The van der Waals surface area contributed by atoms with Crippen LogP contribution in [0.3, 0.4) is 0 Å². The molecule has 0 spiro atoms. The lowest BCUT2D eigenvalue weighted by Crippen LogP contribution is -2.29. The highest BCUT2D eigenvalue weighted by Crippen LogP contribution is 2.31. The molecule has 1 atom stereocenters. The van der Waals surface area contributed by atoms with Crippen LogP contribution in [0.4, 0.5) is 4.39 Å². The van der Waals surface area contributed by atoms with Gasteiger partial charge in [0, 0.05) is 16.6 Å². The minimum absolute atomic E-state index is 0.348. The van der Waals surface area contributed by atoms with Crippen LogP contribution in [0.25, 0.3) is 0 Å². The Hall–Kier alpha value is -0.450. The fraction of sp³-hybridized carbons (Fsp3) is 0.400. The van der Waals surface area contributed by atoms with Crippen LogP contribution in [0.15, 0.2) is 22.7 Å². The van der Waals surface area contributed by atoms with Gasteiger partial charge in [0.25, 0.3) is 0 Å². The first-order valence-corrected chi connectivity index (χ1v) is 5.30. The average Bonchev–Trinajstić information content (AvgIpc) is 2.58. The first-order chi connectivity index (χ1) is 6.62. The summed E-state index contributed by atoms with van der Waals surface area (Å²) >= 11 is 3.27. The van der Waals surface area contributed by atoms with E-state index in [1.165, 1.54) is 6.07 Å². The van der Waals surface area contributed by atoms with E-state index in [0.29, 0.717) is 18.5 Å². The Labute approximate surface area is 90.3 Å². The molecule has 1 unspecified atom stereocenters. The summed E-state index contributed by atoms with van der Waals surface area (Å²) in [6.07, 6.45) is 0.556. The van der Waals surface area contributed by atoms with E-state index >= 15 is 0 Å². The zero-order valence-corrected chi connectivity index (χ0v) is 9.14. The van der Waals surface area contributed by atoms with E-state index in [9.17, 15) is 9.50 Å². The summed E-state index contributed by atoms with van der Waals surface area (Å²) < 4.78 is 14.2. The van der Waals surface area contributed by atoms with Crippen LogP contribution >= 0.6 is 15.9 Å². The molecule has 1 fully saturated rings. The van der Waals surface area contributed by atoms with Gasteiger partial charge in [-0.05, 0) is 31.2 Å². The van der Waals surface area contributed by atoms with E-state index in [2.05, 4.69) is 21.2 Å². The topological polar surface area (TPSA) is 32.3 Å². The lowest BCUT2D eigenvalue weighted by atomic mass is 9.93. The highest BCUT2D eigenvalue weighted by molar-refractivity contribution is 9.10. The standard InChI is InChI=1S/C10H11BrFNO/c11-7-1-2-9(12)8(5-7)10(14)3-4-13-6-10/h1-2,5,13-14H,3-4,6H2. The molecule has 2 nitrogen and oxygen atoms in total. The number of hydrogen-bond donors (Lipinski definition) is 2. The SMILES string of the molecule is OC1(c2cc(Br)ccc2F)CCNC1. The fourth-order valence-corrected chi connectivity index (χ4v) is 2.12. The third-order valence-electron chi connectivity index (χ3n) is 2.56. The van der Waals surface area contributed by atoms with E-state index in [0.717, 1.165) is 11.0 Å². The molecule has 0 amide bonds. The lowest BCUT2D eigenvalue weighted by Gasteiger charge is -2.22. The van der Waals surface area contributed by atoms with Crippen molar-refractivity contribution in [2.24, 2.45) is 0 Å². The van der Waals surface area contributed by atoms with Gasteiger partial charge >= 0.3 is 0 Å². The van der Waals surface area contributed by atoms with Crippen molar-refractivity contribution in [2.75, 3.05) is 13.1 Å². The molecule has 0 radical (unpaired) electrons. The van der Waals surface area contributed by atoms with Gasteiger partial charge < -0.3 is 10.4 Å². The highest BCUT2D eigenvalue weighted by Gasteiger charge is 2.35. The number of aliphatic hydroxyl groups is 1. The summed E-state index contributed by atoms with van der Waals surface area (Å²) in [5, 5.41) is 13.2. The zero-order valence-electron chi connectivity index (χ0n) is 7.56. The molecule has 0 aromatic heterocycles. The van der Waals surface area contributed by atoms with Crippen molar-refractivity contribution < 1.29 is 9.50 Å². The van der Waals surface area contributed by atoms with Crippen LogP contribution in [0.1, 0.15) is 12.0 Å². The second kappa shape index (κ2) is 3.61. The smallest absolute Gasteiger partial charge is 0.129 e. The summed E-state index contributed by atoms with van der Waals surface area (Å²) in [5.41, 5.74) is -0.676. The van der Waals surface area contributed by atoms with E-state index < -0.39 is 5.60 Å². The first kappa shape index (κ1) is 10.1. The van der Waals surface area contributed by atoms with Crippen LogP contribution in [0, 0.1) is 5.82 Å². The van der Waals surface area contributed by atoms with Crippen LogP contribution in [0.5, 0.6) is 0 Å². The van der Waals surface area contributed by atoms with E-state index in [1.54, 1.807) is 12.1 Å². The van der Waals surface area contributed by atoms with Gasteiger partial charge in [-0.25, -0.2) is 4.39 Å². The van der Waals surface area contributed by atoms with Gasteiger partial charge in [0.1, 0.15) is 11.4 Å². The maximum absolute atomic E-state index is 13.5. The maximum Gasteiger partial charge on any atom is 0.129 e. The summed E-state index contributed by atoms with van der Waals surface area (Å²) in [7, 11) is 0. The molecule has 0 bridgehead atoms. The number of hydrogen-bond acceptors (Lipinski definition) is 2. The molecule has 76 valence electrons. The minimum Gasteiger partial charge on any atom is -0.384 e. The van der Waals surface area contributed by atoms with Crippen molar-refractivity contribution in [3.63, 3.8) is 0 Å². The third-order valence-corrected chi connectivity index (χ3v) is 3.06. The lowest BCUT2D eigenvalue weighted by molar-refractivity contribution is 0.0548. The number of β-amino-alcohol motifs (C(OH)–C–C–N with tert-alkyl or cyclic N) is 1. The summed E-state index contributed by atoms with van der Waals surface area (Å²) in [4.78, 5) is 0. The zero-order chi connectivity index (χ0) is 10.2. The quantitative estimate of drug-likeness (QED) is 0.806. The molecular formula is C10H11BrFNO. The number of rotatable bonds is 1. The predicted molar refractivity (Wildman–Crippen MR) is 55.5 cm³/mol. The second-order valence-corrected chi connectivity index (χ2v) is 4.50. The minimum atomic E-state index is -1.05. The van der Waals surface area contributed by atoms with Crippen LogP contribution in [-0.2, 0) is 5.60 Å². The first-order valence-electron chi connectivity index (χ1n) is 4.50. The van der Waals surface area contributed by atoms with E-state index in [4.69, 9.17) is 0 Å². The van der Waals surface area contributed by atoms with Gasteiger partial charge in [-0.15, -0.1) is 0 Å². The normalized spacial score (nSPS) is 26.8. The molecule has 0 saturated carbocycles. The molecule has 2 rings (SSSR count).